The van der Waals surface area contributed by atoms with Crippen molar-refractivity contribution < 1.29 is 9.53 Å². The van der Waals surface area contributed by atoms with Crippen molar-refractivity contribution in [3.05, 3.63) is 35.9 Å². The molecule has 1 aliphatic carbocycles. The normalized spacial score (nSPS) is 15.5. The van der Waals surface area contributed by atoms with Crippen LogP contribution in [0.4, 0.5) is 0 Å². The van der Waals surface area contributed by atoms with E-state index in [0.717, 1.165) is 12.1 Å². The molecule has 21 heavy (non-hydrogen) atoms. The topological polar surface area (TPSA) is 53.3 Å². The number of carbonyl (C=O) groups excluding carboxylic acids is 1. The fourth-order valence-corrected chi connectivity index (χ4v) is 2.35. The maximum atomic E-state index is 12.1. The molecule has 0 aromatic heterocycles. The van der Waals surface area contributed by atoms with Gasteiger partial charge in [-0.15, -0.1) is 0 Å². The minimum atomic E-state index is -0.165. The Balaban J connectivity index is 1.77. The predicted octanol–water partition coefficient (Wildman–Crippen LogP) is 2.74. The van der Waals surface area contributed by atoms with Gasteiger partial charge in [0.2, 0.25) is 0 Å². The van der Waals surface area contributed by atoms with E-state index in [1.54, 1.807) is 0 Å². The number of ether oxygens (including phenoxy) is 1. The van der Waals surface area contributed by atoms with Gasteiger partial charge in [-0.05, 0) is 18.4 Å². The zero-order valence-electron chi connectivity index (χ0n) is 12.5. The van der Waals surface area contributed by atoms with E-state index in [1.165, 1.54) is 12.8 Å². The average molecular weight is 286 g/mol. The number of nitrogens with zero attached hydrogens (tertiary/aromatic N) is 2. The molecule has 0 saturated heterocycles. The van der Waals surface area contributed by atoms with Crippen LogP contribution in [0.2, 0.25) is 0 Å². The van der Waals surface area contributed by atoms with Crippen molar-refractivity contribution in [2.75, 3.05) is 13.1 Å². The minimum Gasteiger partial charge on any atom is -0.461 e. The highest BCUT2D eigenvalue weighted by molar-refractivity contribution is 5.72. The van der Waals surface area contributed by atoms with Gasteiger partial charge in [0.05, 0.1) is 12.0 Å². The SMILES string of the molecule is CC(CN(CCC#N)C1CC1)C(=O)OCc1ccccc1. The van der Waals surface area contributed by atoms with Crippen LogP contribution in [0.3, 0.4) is 0 Å². The summed E-state index contributed by atoms with van der Waals surface area (Å²) in [6.45, 7) is 3.65. The van der Waals surface area contributed by atoms with Crippen molar-refractivity contribution in [1.29, 1.82) is 5.26 Å². The lowest BCUT2D eigenvalue weighted by Crippen LogP contribution is -2.35. The summed E-state index contributed by atoms with van der Waals surface area (Å²) in [6.07, 6.45) is 2.87. The highest BCUT2D eigenvalue weighted by atomic mass is 16.5. The molecule has 0 spiro atoms. The molecule has 1 fully saturated rings. The van der Waals surface area contributed by atoms with Gasteiger partial charge in [0.25, 0.3) is 0 Å². The number of nitriles is 1. The molecule has 1 aromatic rings. The quantitative estimate of drug-likeness (QED) is 0.690. The van der Waals surface area contributed by atoms with Gasteiger partial charge in [0.1, 0.15) is 6.61 Å². The third-order valence-electron chi connectivity index (χ3n) is 3.71. The fourth-order valence-electron chi connectivity index (χ4n) is 2.35. The third-order valence-corrected chi connectivity index (χ3v) is 3.71. The van der Waals surface area contributed by atoms with Crippen LogP contribution in [-0.2, 0) is 16.1 Å². The molecular weight excluding hydrogens is 264 g/mol. The molecule has 0 N–H and O–H groups in total. The molecule has 1 aliphatic rings. The van der Waals surface area contributed by atoms with Crippen molar-refractivity contribution in [2.45, 2.75) is 38.8 Å². The summed E-state index contributed by atoms with van der Waals surface area (Å²) in [5.74, 6) is -0.325. The number of rotatable bonds is 8. The minimum absolute atomic E-state index is 0.159. The Morgan fingerprint density at radius 3 is 2.76 bits per heavy atom. The van der Waals surface area contributed by atoms with E-state index >= 15 is 0 Å². The standard InChI is InChI=1S/C17H22N2O2/c1-14(12-19(11-5-10-18)16-8-9-16)17(20)21-13-15-6-3-2-4-7-15/h2-4,6-7,14,16H,5,8-9,11-13H2,1H3. The van der Waals surface area contributed by atoms with Crippen LogP contribution in [-0.4, -0.2) is 30.0 Å². The van der Waals surface area contributed by atoms with Crippen LogP contribution in [0, 0.1) is 17.2 Å². The average Bonchev–Trinajstić information content (AvgIpc) is 3.34. The second kappa shape index (κ2) is 7.80. The van der Waals surface area contributed by atoms with Gasteiger partial charge >= 0.3 is 5.97 Å². The molecule has 0 heterocycles. The zero-order valence-corrected chi connectivity index (χ0v) is 12.5. The van der Waals surface area contributed by atoms with Gasteiger partial charge in [0.15, 0.2) is 0 Å². The molecule has 0 radical (unpaired) electrons. The van der Waals surface area contributed by atoms with Crippen molar-refractivity contribution in [3.63, 3.8) is 0 Å². The molecule has 4 nitrogen and oxygen atoms in total. The molecule has 1 saturated carbocycles. The molecular formula is C17H22N2O2. The van der Waals surface area contributed by atoms with Crippen LogP contribution in [0.5, 0.6) is 0 Å². The molecule has 0 aliphatic heterocycles. The summed E-state index contributed by atoms with van der Waals surface area (Å²) >= 11 is 0. The van der Waals surface area contributed by atoms with Gasteiger partial charge in [-0.25, -0.2) is 0 Å². The lowest BCUT2D eigenvalue weighted by Gasteiger charge is -2.23. The monoisotopic (exact) mass is 286 g/mol. The lowest BCUT2D eigenvalue weighted by atomic mass is 10.1. The summed E-state index contributed by atoms with van der Waals surface area (Å²) in [6, 6.07) is 12.4. The third kappa shape index (κ3) is 5.20. The number of carbonyl (C=O) groups is 1. The first-order valence-electron chi connectivity index (χ1n) is 7.52. The highest BCUT2D eigenvalue weighted by Gasteiger charge is 2.31. The first-order chi connectivity index (χ1) is 10.2. The van der Waals surface area contributed by atoms with E-state index < -0.39 is 0 Å². The van der Waals surface area contributed by atoms with Gasteiger partial charge < -0.3 is 4.74 Å². The van der Waals surface area contributed by atoms with E-state index in [2.05, 4.69) is 11.0 Å². The fraction of sp³-hybridized carbons (Fsp3) is 0.529. The van der Waals surface area contributed by atoms with Crippen LogP contribution in [0.1, 0.15) is 31.7 Å². The Labute approximate surface area is 126 Å². The Bertz CT molecular complexity index is 491. The number of hydrogen-bond donors (Lipinski definition) is 0. The predicted molar refractivity (Wildman–Crippen MR) is 80.2 cm³/mol. The molecule has 0 bridgehead atoms. The Morgan fingerprint density at radius 2 is 2.14 bits per heavy atom. The summed E-state index contributed by atoms with van der Waals surface area (Å²) in [5, 5.41) is 8.70. The number of benzene rings is 1. The zero-order chi connectivity index (χ0) is 15.1. The van der Waals surface area contributed by atoms with E-state index in [9.17, 15) is 4.79 Å². The largest absolute Gasteiger partial charge is 0.461 e. The number of esters is 1. The van der Waals surface area contributed by atoms with Crippen LogP contribution in [0.25, 0.3) is 0 Å². The maximum absolute atomic E-state index is 12.1. The molecule has 1 atom stereocenters. The van der Waals surface area contributed by atoms with Crippen molar-refractivity contribution in [1.82, 2.24) is 4.90 Å². The molecule has 1 unspecified atom stereocenters. The second-order valence-corrected chi connectivity index (χ2v) is 5.63. The molecule has 112 valence electrons. The summed E-state index contributed by atoms with van der Waals surface area (Å²) in [4.78, 5) is 14.3. The van der Waals surface area contributed by atoms with Gasteiger partial charge in [-0.1, -0.05) is 37.3 Å². The van der Waals surface area contributed by atoms with Crippen molar-refractivity contribution in [3.8, 4) is 6.07 Å². The van der Waals surface area contributed by atoms with E-state index in [0.29, 0.717) is 25.6 Å². The van der Waals surface area contributed by atoms with Gasteiger partial charge in [-0.3, -0.25) is 9.69 Å². The van der Waals surface area contributed by atoms with E-state index in [-0.39, 0.29) is 11.9 Å². The van der Waals surface area contributed by atoms with Crippen molar-refractivity contribution in [2.24, 2.45) is 5.92 Å². The molecule has 1 aromatic carbocycles. The summed E-state index contributed by atoms with van der Waals surface area (Å²) in [7, 11) is 0. The maximum Gasteiger partial charge on any atom is 0.310 e. The Hall–Kier alpha value is -1.86. The van der Waals surface area contributed by atoms with Crippen molar-refractivity contribution >= 4 is 5.97 Å². The number of hydrogen-bond acceptors (Lipinski definition) is 4. The lowest BCUT2D eigenvalue weighted by molar-refractivity contribution is -0.150. The molecule has 4 heteroatoms. The van der Waals surface area contributed by atoms with Gasteiger partial charge in [-0.2, -0.15) is 5.26 Å². The van der Waals surface area contributed by atoms with Gasteiger partial charge in [0, 0.05) is 25.6 Å². The highest BCUT2D eigenvalue weighted by Crippen LogP contribution is 2.27. The first kappa shape index (κ1) is 15.5. The van der Waals surface area contributed by atoms with Crippen LogP contribution >= 0.6 is 0 Å². The first-order valence-corrected chi connectivity index (χ1v) is 7.52. The summed E-state index contributed by atoms with van der Waals surface area (Å²) in [5.41, 5.74) is 1.00. The van der Waals surface area contributed by atoms with E-state index in [4.69, 9.17) is 10.00 Å². The van der Waals surface area contributed by atoms with Crippen LogP contribution < -0.4 is 0 Å². The smallest absolute Gasteiger partial charge is 0.310 e. The van der Waals surface area contributed by atoms with Crippen LogP contribution in [0.15, 0.2) is 30.3 Å². The van der Waals surface area contributed by atoms with E-state index in [1.807, 2.05) is 37.3 Å². The molecule has 0 amide bonds. The summed E-state index contributed by atoms with van der Waals surface area (Å²) < 4.78 is 5.36. The second-order valence-electron chi connectivity index (χ2n) is 5.63. The molecule has 2 rings (SSSR count). The Kier molecular flexibility index (Phi) is 5.77. The Morgan fingerprint density at radius 1 is 1.43 bits per heavy atom.